The highest BCUT2D eigenvalue weighted by Gasteiger charge is 2.07. The number of aryl methyl sites for hydroxylation is 2. The Kier molecular flexibility index (Phi) is 6.27. The van der Waals surface area contributed by atoms with Crippen molar-refractivity contribution >= 4 is 11.3 Å². The van der Waals surface area contributed by atoms with Gasteiger partial charge in [-0.2, -0.15) is 0 Å². The molecule has 0 bridgehead atoms. The highest BCUT2D eigenvalue weighted by Crippen LogP contribution is 2.25. The normalized spacial score (nSPS) is 10.8. The number of thiophene rings is 1. The molecule has 1 heterocycles. The van der Waals surface area contributed by atoms with Crippen LogP contribution in [0.2, 0.25) is 0 Å². The molecule has 1 aromatic carbocycles. The summed E-state index contributed by atoms with van der Waals surface area (Å²) in [4.78, 5) is 2.75. The molecule has 1 aromatic heterocycles. The molecule has 0 aliphatic rings. The van der Waals surface area contributed by atoms with Gasteiger partial charge in [-0.3, -0.25) is 0 Å². The van der Waals surface area contributed by atoms with Crippen LogP contribution >= 0.6 is 11.3 Å². The van der Waals surface area contributed by atoms with E-state index in [0.717, 1.165) is 25.3 Å². The van der Waals surface area contributed by atoms with E-state index in [-0.39, 0.29) is 0 Å². The SMILES string of the molecule is CCCNCc1cc(COc2ccccc2CC)c(C)s1. The first kappa shape index (κ1) is 16.1. The van der Waals surface area contributed by atoms with E-state index in [1.54, 1.807) is 0 Å². The number of benzene rings is 1. The van der Waals surface area contributed by atoms with Gasteiger partial charge in [-0.25, -0.2) is 0 Å². The largest absolute Gasteiger partial charge is 0.489 e. The van der Waals surface area contributed by atoms with Gasteiger partial charge in [0.2, 0.25) is 0 Å². The molecule has 2 aromatic rings. The Labute approximate surface area is 132 Å². The van der Waals surface area contributed by atoms with Crippen molar-refractivity contribution in [2.45, 2.75) is 46.8 Å². The molecule has 0 fully saturated rings. The van der Waals surface area contributed by atoms with E-state index in [9.17, 15) is 0 Å². The maximum absolute atomic E-state index is 6.02. The van der Waals surface area contributed by atoms with E-state index < -0.39 is 0 Å². The van der Waals surface area contributed by atoms with Gasteiger partial charge in [0.05, 0.1) is 0 Å². The zero-order chi connectivity index (χ0) is 15.1. The van der Waals surface area contributed by atoms with E-state index in [4.69, 9.17) is 4.74 Å². The fraction of sp³-hybridized carbons (Fsp3) is 0.444. The van der Waals surface area contributed by atoms with Gasteiger partial charge in [0.15, 0.2) is 0 Å². The molecule has 0 saturated heterocycles. The molecule has 2 rings (SSSR count). The molecule has 0 aliphatic carbocycles. The Morgan fingerprint density at radius 1 is 1.14 bits per heavy atom. The van der Waals surface area contributed by atoms with E-state index in [1.807, 2.05) is 17.4 Å². The third-order valence-electron chi connectivity index (χ3n) is 3.53. The van der Waals surface area contributed by atoms with Gasteiger partial charge in [-0.1, -0.05) is 32.0 Å². The number of hydrogen-bond donors (Lipinski definition) is 1. The Morgan fingerprint density at radius 2 is 1.95 bits per heavy atom. The van der Waals surface area contributed by atoms with Crippen molar-refractivity contribution in [3.05, 3.63) is 51.2 Å². The second-order valence-corrected chi connectivity index (χ2v) is 6.56. The Hall–Kier alpha value is -1.32. The van der Waals surface area contributed by atoms with Crippen molar-refractivity contribution in [1.82, 2.24) is 5.32 Å². The summed E-state index contributed by atoms with van der Waals surface area (Å²) in [6, 6.07) is 10.6. The third kappa shape index (κ3) is 4.58. The van der Waals surface area contributed by atoms with E-state index in [1.165, 1.54) is 27.3 Å². The standard InChI is InChI=1S/C18H25NOS/c1-4-10-19-12-17-11-16(14(3)21-17)13-20-18-9-7-6-8-15(18)5-2/h6-9,11,19H,4-5,10,12-13H2,1-3H3. The van der Waals surface area contributed by atoms with Crippen molar-refractivity contribution in [1.29, 1.82) is 0 Å². The summed E-state index contributed by atoms with van der Waals surface area (Å²) in [5.74, 6) is 1.01. The van der Waals surface area contributed by atoms with Crippen molar-refractivity contribution in [2.24, 2.45) is 0 Å². The minimum atomic E-state index is 0.660. The molecule has 0 atom stereocenters. The summed E-state index contributed by atoms with van der Waals surface area (Å²) in [6.07, 6.45) is 2.18. The van der Waals surface area contributed by atoms with Crippen molar-refractivity contribution < 1.29 is 4.74 Å². The predicted octanol–water partition coefficient (Wildman–Crippen LogP) is 4.70. The maximum atomic E-state index is 6.02. The number of para-hydroxylation sites is 1. The molecule has 1 N–H and O–H groups in total. The fourth-order valence-electron chi connectivity index (χ4n) is 2.30. The molecular formula is C18H25NOS. The van der Waals surface area contributed by atoms with Crippen LogP contribution in [0, 0.1) is 6.92 Å². The molecule has 0 radical (unpaired) electrons. The van der Waals surface area contributed by atoms with Gasteiger partial charge in [0.1, 0.15) is 12.4 Å². The van der Waals surface area contributed by atoms with Gasteiger partial charge >= 0.3 is 0 Å². The predicted molar refractivity (Wildman–Crippen MR) is 91.2 cm³/mol. The van der Waals surface area contributed by atoms with Crippen LogP contribution in [0.4, 0.5) is 0 Å². The van der Waals surface area contributed by atoms with Crippen LogP contribution in [0.5, 0.6) is 5.75 Å². The van der Waals surface area contributed by atoms with Crippen LogP contribution < -0.4 is 10.1 Å². The van der Waals surface area contributed by atoms with E-state index in [2.05, 4.69) is 50.4 Å². The van der Waals surface area contributed by atoms with Crippen molar-refractivity contribution in [3.8, 4) is 5.75 Å². The molecule has 21 heavy (non-hydrogen) atoms. The summed E-state index contributed by atoms with van der Waals surface area (Å²) in [5.41, 5.74) is 2.58. The zero-order valence-corrected chi connectivity index (χ0v) is 14.1. The first-order valence-electron chi connectivity index (χ1n) is 7.74. The summed E-state index contributed by atoms with van der Waals surface area (Å²) in [5, 5.41) is 3.45. The molecule has 0 saturated carbocycles. The van der Waals surface area contributed by atoms with Crippen molar-refractivity contribution in [3.63, 3.8) is 0 Å². The van der Waals surface area contributed by atoms with E-state index >= 15 is 0 Å². The summed E-state index contributed by atoms with van der Waals surface area (Å²) in [7, 11) is 0. The lowest BCUT2D eigenvalue weighted by atomic mass is 10.1. The maximum Gasteiger partial charge on any atom is 0.122 e. The lowest BCUT2D eigenvalue weighted by Gasteiger charge is -2.09. The van der Waals surface area contributed by atoms with Crippen LogP contribution in [-0.4, -0.2) is 6.54 Å². The monoisotopic (exact) mass is 303 g/mol. The zero-order valence-electron chi connectivity index (χ0n) is 13.2. The Balaban J connectivity index is 1.96. The molecule has 114 valence electrons. The summed E-state index contributed by atoms with van der Waals surface area (Å²) in [6.45, 7) is 9.23. The second kappa shape index (κ2) is 8.20. The van der Waals surface area contributed by atoms with Gasteiger partial charge in [0.25, 0.3) is 0 Å². The number of ether oxygens (including phenoxy) is 1. The first-order chi connectivity index (χ1) is 10.2. The van der Waals surface area contributed by atoms with Crippen LogP contribution in [-0.2, 0) is 19.6 Å². The quantitative estimate of drug-likeness (QED) is 0.714. The van der Waals surface area contributed by atoms with Gasteiger partial charge in [-0.05, 0) is 44.0 Å². The van der Waals surface area contributed by atoms with Gasteiger partial charge in [0, 0.05) is 21.9 Å². The molecule has 3 heteroatoms. The lowest BCUT2D eigenvalue weighted by Crippen LogP contribution is -2.12. The highest BCUT2D eigenvalue weighted by molar-refractivity contribution is 7.12. The second-order valence-electron chi connectivity index (χ2n) is 5.22. The van der Waals surface area contributed by atoms with Gasteiger partial charge in [-0.15, -0.1) is 11.3 Å². The van der Waals surface area contributed by atoms with Crippen LogP contribution in [0.25, 0.3) is 0 Å². The van der Waals surface area contributed by atoms with Crippen molar-refractivity contribution in [2.75, 3.05) is 6.54 Å². The minimum absolute atomic E-state index is 0.660. The average Bonchev–Trinajstić information content (AvgIpc) is 2.86. The van der Waals surface area contributed by atoms with Crippen LogP contribution in [0.1, 0.15) is 41.1 Å². The van der Waals surface area contributed by atoms with Crippen LogP contribution in [0.15, 0.2) is 30.3 Å². The minimum Gasteiger partial charge on any atom is -0.489 e. The Bertz CT molecular complexity index is 562. The fourth-order valence-corrected chi connectivity index (χ4v) is 3.32. The molecule has 0 spiro atoms. The summed E-state index contributed by atoms with van der Waals surface area (Å²) >= 11 is 1.87. The molecule has 0 amide bonds. The first-order valence-corrected chi connectivity index (χ1v) is 8.55. The number of rotatable bonds is 8. The molecule has 0 unspecified atom stereocenters. The highest BCUT2D eigenvalue weighted by atomic mass is 32.1. The average molecular weight is 303 g/mol. The number of hydrogen-bond acceptors (Lipinski definition) is 3. The van der Waals surface area contributed by atoms with Crippen LogP contribution in [0.3, 0.4) is 0 Å². The molecular weight excluding hydrogens is 278 g/mol. The lowest BCUT2D eigenvalue weighted by molar-refractivity contribution is 0.303. The van der Waals surface area contributed by atoms with E-state index in [0.29, 0.717) is 6.61 Å². The Morgan fingerprint density at radius 3 is 2.71 bits per heavy atom. The van der Waals surface area contributed by atoms with Gasteiger partial charge < -0.3 is 10.1 Å². The smallest absolute Gasteiger partial charge is 0.122 e. The molecule has 0 aliphatic heterocycles. The summed E-state index contributed by atoms with van der Waals surface area (Å²) < 4.78 is 6.02. The molecule has 2 nitrogen and oxygen atoms in total. The third-order valence-corrected chi connectivity index (χ3v) is 4.63. The number of nitrogens with one attached hydrogen (secondary N) is 1. The topological polar surface area (TPSA) is 21.3 Å².